The predicted molar refractivity (Wildman–Crippen MR) is 196 cm³/mol. The first-order valence-electron chi connectivity index (χ1n) is 17.6. The Hall–Kier alpha value is -5.04. The normalized spacial score (nSPS) is 11.8. The number of ether oxygens (including phenoxy) is 5. The molecule has 14 heteroatoms. The van der Waals surface area contributed by atoms with Crippen molar-refractivity contribution in [2.45, 2.75) is 45.1 Å². The van der Waals surface area contributed by atoms with Gasteiger partial charge >= 0.3 is 0 Å². The number of para-hydroxylation sites is 1. The Bertz CT molecular complexity index is 1740. The molecule has 282 valence electrons. The molecule has 0 unspecified atom stereocenters. The molecule has 1 aliphatic rings. The number of hydrogen-bond donors (Lipinski definition) is 0. The molecule has 3 aromatic rings. The summed E-state index contributed by atoms with van der Waals surface area (Å²) >= 11 is 0. The number of carbonyl (C=O) groups is 2. The predicted octanol–water partition coefficient (Wildman–Crippen LogP) is 5.59. The van der Waals surface area contributed by atoms with Crippen molar-refractivity contribution in [3.05, 3.63) is 109 Å². The molecule has 0 radical (unpaired) electrons. The van der Waals surface area contributed by atoms with Crippen LogP contribution in [0.15, 0.2) is 66.7 Å². The van der Waals surface area contributed by atoms with Gasteiger partial charge in [0.25, 0.3) is 11.4 Å². The molecule has 0 saturated carbocycles. The van der Waals surface area contributed by atoms with Gasteiger partial charge in [-0.15, -0.1) is 0 Å². The van der Waals surface area contributed by atoms with Crippen LogP contribution in [0.3, 0.4) is 0 Å². The van der Waals surface area contributed by atoms with E-state index in [-0.39, 0.29) is 35.9 Å². The summed E-state index contributed by atoms with van der Waals surface area (Å²) in [6.45, 7) is 4.35. The minimum atomic E-state index is -0.658. The number of Topliss-reactive ketones (excluding diaryl/α,β-unsaturated/α-hetero) is 1. The zero-order chi connectivity index (χ0) is 37.7. The maximum Gasteiger partial charge on any atom is 0.279 e. The van der Waals surface area contributed by atoms with Gasteiger partial charge in [0.15, 0.2) is 0 Å². The lowest BCUT2D eigenvalue weighted by Crippen LogP contribution is -2.32. The van der Waals surface area contributed by atoms with Gasteiger partial charge in [-0.1, -0.05) is 42.2 Å². The van der Waals surface area contributed by atoms with E-state index in [4.69, 9.17) is 23.7 Å². The Morgan fingerprint density at radius 1 is 0.642 bits per heavy atom. The smallest absolute Gasteiger partial charge is 0.279 e. The van der Waals surface area contributed by atoms with Crippen molar-refractivity contribution in [1.82, 2.24) is 0 Å². The van der Waals surface area contributed by atoms with Crippen LogP contribution in [0.1, 0.15) is 54.4 Å². The van der Waals surface area contributed by atoms with Crippen molar-refractivity contribution in [3.8, 4) is 11.8 Å². The number of fused-ring (bicyclic) bond motifs is 2. The molecule has 4 rings (SSSR count). The number of aryl methyl sites for hydroxylation is 1. The number of benzene rings is 3. The lowest BCUT2D eigenvalue weighted by molar-refractivity contribution is -0.394. The van der Waals surface area contributed by atoms with Crippen molar-refractivity contribution in [2.75, 3.05) is 71.0 Å². The highest BCUT2D eigenvalue weighted by atomic mass is 16.6. The van der Waals surface area contributed by atoms with Crippen molar-refractivity contribution in [2.24, 2.45) is 0 Å². The third kappa shape index (κ3) is 14.1. The summed E-state index contributed by atoms with van der Waals surface area (Å²) < 4.78 is 27.5. The second-order valence-electron chi connectivity index (χ2n) is 12.0. The fraction of sp³-hybridized carbons (Fsp3) is 0.436. The highest BCUT2D eigenvalue weighted by Crippen LogP contribution is 2.27. The van der Waals surface area contributed by atoms with Gasteiger partial charge in [0, 0.05) is 55.2 Å². The van der Waals surface area contributed by atoms with Gasteiger partial charge in [-0.05, 0) is 49.1 Å². The van der Waals surface area contributed by atoms with E-state index >= 15 is 0 Å². The fourth-order valence-corrected chi connectivity index (χ4v) is 5.48. The van der Waals surface area contributed by atoms with Gasteiger partial charge in [-0.25, -0.2) is 0 Å². The van der Waals surface area contributed by atoms with E-state index in [9.17, 15) is 29.8 Å². The quantitative estimate of drug-likeness (QED) is 0.0460. The SMILES string of the molecule is O=C(CCCOCCOCCOCCOCCOCCCc1ccc([N+](=O)[O-])cc1[N+](=O)[O-])CCC(=O)N1Cc2ccccc2C#Cc2ccccc21. The number of amides is 1. The van der Waals surface area contributed by atoms with Crippen molar-refractivity contribution in [1.29, 1.82) is 0 Å². The summed E-state index contributed by atoms with van der Waals surface area (Å²) in [6.07, 6.45) is 2.12. The molecule has 0 bridgehead atoms. The monoisotopic (exact) mass is 731 g/mol. The Kier molecular flexibility index (Phi) is 17.5. The number of rotatable bonds is 25. The molecule has 0 atom stereocenters. The maximum atomic E-state index is 13.3. The second-order valence-corrected chi connectivity index (χ2v) is 12.0. The molecule has 3 aromatic carbocycles. The van der Waals surface area contributed by atoms with Crippen LogP contribution in [0.25, 0.3) is 0 Å². The first kappa shape index (κ1) is 40.7. The van der Waals surface area contributed by atoms with Crippen LogP contribution in [0.2, 0.25) is 0 Å². The molecule has 0 saturated heterocycles. The molecule has 1 aliphatic heterocycles. The van der Waals surface area contributed by atoms with E-state index in [1.54, 1.807) is 4.90 Å². The van der Waals surface area contributed by atoms with Crippen molar-refractivity contribution >= 4 is 28.8 Å². The third-order valence-corrected chi connectivity index (χ3v) is 8.23. The number of non-ortho nitro benzene ring substituents is 1. The Morgan fingerprint density at radius 2 is 1.21 bits per heavy atom. The molecule has 0 fully saturated rings. The van der Waals surface area contributed by atoms with E-state index in [0.29, 0.717) is 104 Å². The maximum absolute atomic E-state index is 13.3. The highest BCUT2D eigenvalue weighted by Gasteiger charge is 2.22. The lowest BCUT2D eigenvalue weighted by Gasteiger charge is -2.26. The van der Waals surface area contributed by atoms with Gasteiger partial charge in [-0.3, -0.25) is 29.8 Å². The first-order chi connectivity index (χ1) is 25.8. The number of nitro benzene ring substituents is 2. The average Bonchev–Trinajstić information content (AvgIpc) is 3.15. The van der Waals surface area contributed by atoms with Crippen LogP contribution in [-0.2, 0) is 46.2 Å². The molecular weight excluding hydrogens is 686 g/mol. The number of anilines is 1. The summed E-state index contributed by atoms with van der Waals surface area (Å²) in [7, 11) is 0. The summed E-state index contributed by atoms with van der Waals surface area (Å²) in [5.74, 6) is 6.32. The van der Waals surface area contributed by atoms with Crippen LogP contribution in [0.5, 0.6) is 0 Å². The van der Waals surface area contributed by atoms with E-state index in [1.807, 2.05) is 48.5 Å². The molecule has 1 heterocycles. The summed E-state index contributed by atoms with van der Waals surface area (Å²) in [4.78, 5) is 48.4. The number of hydrogen-bond acceptors (Lipinski definition) is 11. The van der Waals surface area contributed by atoms with Gasteiger partial charge in [0.05, 0.1) is 81.0 Å². The van der Waals surface area contributed by atoms with Gasteiger partial charge in [0.1, 0.15) is 5.78 Å². The Labute approximate surface area is 308 Å². The van der Waals surface area contributed by atoms with Crippen LogP contribution < -0.4 is 4.90 Å². The van der Waals surface area contributed by atoms with Crippen LogP contribution in [-0.4, -0.2) is 87.6 Å². The van der Waals surface area contributed by atoms with Gasteiger partial charge in [-0.2, -0.15) is 0 Å². The number of nitro groups is 2. The Balaban J connectivity index is 0.937. The van der Waals surface area contributed by atoms with Crippen LogP contribution in [0.4, 0.5) is 17.1 Å². The number of carbonyl (C=O) groups excluding carboxylic acids is 2. The van der Waals surface area contributed by atoms with Crippen molar-refractivity contribution < 1.29 is 43.1 Å². The minimum absolute atomic E-state index is 0.0271. The third-order valence-electron chi connectivity index (χ3n) is 8.23. The summed E-state index contributed by atoms with van der Waals surface area (Å²) in [6, 6.07) is 19.0. The second kappa shape index (κ2) is 22.8. The minimum Gasteiger partial charge on any atom is -0.379 e. The van der Waals surface area contributed by atoms with E-state index < -0.39 is 9.85 Å². The molecular formula is C39H45N3O11. The molecule has 0 spiro atoms. The molecule has 14 nitrogen and oxygen atoms in total. The van der Waals surface area contributed by atoms with Gasteiger partial charge < -0.3 is 28.6 Å². The summed E-state index contributed by atoms with van der Waals surface area (Å²) in [5.41, 5.74) is 3.26. The zero-order valence-electron chi connectivity index (χ0n) is 29.7. The van der Waals surface area contributed by atoms with Gasteiger partial charge in [0.2, 0.25) is 5.91 Å². The van der Waals surface area contributed by atoms with E-state index in [0.717, 1.165) is 28.4 Å². The number of nitrogens with zero attached hydrogens (tertiary/aromatic N) is 3. The first-order valence-corrected chi connectivity index (χ1v) is 17.6. The highest BCUT2D eigenvalue weighted by molar-refractivity contribution is 5.97. The lowest BCUT2D eigenvalue weighted by atomic mass is 10.0. The fourth-order valence-electron chi connectivity index (χ4n) is 5.48. The Morgan fingerprint density at radius 3 is 1.85 bits per heavy atom. The molecule has 0 aromatic heterocycles. The molecule has 53 heavy (non-hydrogen) atoms. The topological polar surface area (TPSA) is 170 Å². The largest absolute Gasteiger partial charge is 0.379 e. The average molecular weight is 732 g/mol. The van der Waals surface area contributed by atoms with E-state index in [2.05, 4.69) is 11.8 Å². The number of ketones is 1. The molecule has 1 amide bonds. The zero-order valence-corrected chi connectivity index (χ0v) is 29.7. The molecule has 0 aliphatic carbocycles. The van der Waals surface area contributed by atoms with Crippen LogP contribution >= 0.6 is 0 Å². The summed E-state index contributed by atoms with van der Waals surface area (Å²) in [5, 5.41) is 22.1. The van der Waals surface area contributed by atoms with E-state index in [1.165, 1.54) is 12.1 Å². The van der Waals surface area contributed by atoms with Crippen LogP contribution in [0, 0.1) is 32.1 Å². The van der Waals surface area contributed by atoms with Crippen molar-refractivity contribution in [3.63, 3.8) is 0 Å². The standard InChI is InChI=1S/C39H45N3O11/c43-36(17-18-39(44)40-30-34-9-2-1-7-31(34)13-14-32-8-3-4-12-37(32)40)11-6-20-50-22-24-52-26-28-53-27-25-51-23-21-49-19-5-10-33-15-16-35(41(45)46)29-38(33)42(47)48/h1-4,7-9,12,15-16,29H,5-6,10-11,17-28,30H2. The molecule has 0 N–H and O–H groups in total.